The number of nitrogens with one attached hydrogen (secondary N) is 2. The minimum Gasteiger partial charge on any atom is -0.344 e. The fourth-order valence-corrected chi connectivity index (χ4v) is 3.01. The zero-order valence-corrected chi connectivity index (χ0v) is 17.7. The van der Waals surface area contributed by atoms with Crippen LogP contribution in [0, 0.1) is 5.41 Å². The van der Waals surface area contributed by atoms with E-state index in [9.17, 15) is 14.4 Å². The second kappa shape index (κ2) is 9.39. The fraction of sp³-hybridized carbons (Fsp3) is 0.550. The van der Waals surface area contributed by atoms with E-state index in [0.29, 0.717) is 36.9 Å². The smallest absolute Gasteiger partial charge is 0.244 e. The molecule has 1 unspecified atom stereocenters. The summed E-state index contributed by atoms with van der Waals surface area (Å²) in [6, 6.07) is 6.53. The van der Waals surface area contributed by atoms with Gasteiger partial charge in [0.2, 0.25) is 17.7 Å². The van der Waals surface area contributed by atoms with Crippen LogP contribution in [0.5, 0.6) is 0 Å². The largest absolute Gasteiger partial charge is 0.344 e. The normalized spacial score (nSPS) is 16.4. The van der Waals surface area contributed by atoms with Crippen LogP contribution in [0.3, 0.4) is 0 Å². The van der Waals surface area contributed by atoms with Crippen LogP contribution >= 0.6 is 11.6 Å². The van der Waals surface area contributed by atoms with Crippen LogP contribution in [0.2, 0.25) is 5.02 Å². The predicted octanol–water partition coefficient (Wildman–Crippen LogP) is 1.97. The van der Waals surface area contributed by atoms with Crippen molar-refractivity contribution in [1.82, 2.24) is 15.1 Å². The van der Waals surface area contributed by atoms with Gasteiger partial charge in [0.1, 0.15) is 6.04 Å². The summed E-state index contributed by atoms with van der Waals surface area (Å²) in [5, 5.41) is 6.08. The number of benzene rings is 1. The summed E-state index contributed by atoms with van der Waals surface area (Å²) in [6.07, 6.45) is 0. The van der Waals surface area contributed by atoms with Crippen molar-refractivity contribution < 1.29 is 14.4 Å². The maximum absolute atomic E-state index is 12.6. The van der Waals surface area contributed by atoms with E-state index >= 15 is 0 Å². The number of halogens is 1. The van der Waals surface area contributed by atoms with Gasteiger partial charge in [-0.2, -0.15) is 0 Å². The standard InChI is InChI=1S/C20H29ClN4O3/c1-14(22-19(28)20(2,3)4)18(27)25-11-9-24(10-12-25)13-17(26)23-16-8-6-5-7-15(16)21/h5-8,14H,9-13H2,1-4H3,(H,22,28)(H,23,26). The third-order valence-electron chi connectivity index (χ3n) is 4.60. The predicted molar refractivity (Wildman–Crippen MR) is 110 cm³/mol. The molecule has 154 valence electrons. The van der Waals surface area contributed by atoms with E-state index in [1.165, 1.54) is 0 Å². The van der Waals surface area contributed by atoms with Crippen molar-refractivity contribution in [3.05, 3.63) is 29.3 Å². The topological polar surface area (TPSA) is 81.8 Å². The SMILES string of the molecule is CC(NC(=O)C(C)(C)C)C(=O)N1CCN(CC(=O)Nc2ccccc2Cl)CC1. The number of piperazine rings is 1. The molecular weight excluding hydrogens is 380 g/mol. The van der Waals surface area contributed by atoms with Crippen molar-refractivity contribution >= 4 is 35.0 Å². The first-order valence-electron chi connectivity index (χ1n) is 9.44. The third kappa shape index (κ3) is 6.21. The molecule has 8 heteroatoms. The third-order valence-corrected chi connectivity index (χ3v) is 4.93. The molecule has 1 aromatic rings. The van der Waals surface area contributed by atoms with Crippen molar-refractivity contribution in [3.8, 4) is 0 Å². The van der Waals surface area contributed by atoms with Gasteiger partial charge in [-0.1, -0.05) is 44.5 Å². The highest BCUT2D eigenvalue weighted by molar-refractivity contribution is 6.33. The Morgan fingerprint density at radius 2 is 1.71 bits per heavy atom. The van der Waals surface area contributed by atoms with Crippen LogP contribution in [0.15, 0.2) is 24.3 Å². The molecule has 0 saturated carbocycles. The van der Waals surface area contributed by atoms with Crippen LogP contribution in [0.1, 0.15) is 27.7 Å². The number of rotatable bonds is 5. The molecule has 0 aliphatic carbocycles. The number of hydrogen-bond donors (Lipinski definition) is 2. The van der Waals surface area contributed by atoms with Crippen LogP contribution in [0.25, 0.3) is 0 Å². The van der Waals surface area contributed by atoms with E-state index in [-0.39, 0.29) is 24.3 Å². The van der Waals surface area contributed by atoms with Crippen LogP contribution in [-0.2, 0) is 14.4 Å². The van der Waals surface area contributed by atoms with E-state index in [2.05, 4.69) is 10.6 Å². The molecule has 1 fully saturated rings. The highest BCUT2D eigenvalue weighted by atomic mass is 35.5. The molecule has 0 spiro atoms. The Hall–Kier alpha value is -2.12. The monoisotopic (exact) mass is 408 g/mol. The summed E-state index contributed by atoms with van der Waals surface area (Å²) in [7, 11) is 0. The molecule has 2 N–H and O–H groups in total. The molecule has 1 saturated heterocycles. The summed E-state index contributed by atoms with van der Waals surface area (Å²) in [5.41, 5.74) is 0.0498. The molecule has 1 aromatic carbocycles. The van der Waals surface area contributed by atoms with E-state index < -0.39 is 11.5 Å². The van der Waals surface area contributed by atoms with E-state index in [1.807, 2.05) is 31.7 Å². The maximum atomic E-state index is 12.6. The molecule has 2 rings (SSSR count). The molecular formula is C20H29ClN4O3. The summed E-state index contributed by atoms with van der Waals surface area (Å²) < 4.78 is 0. The molecule has 0 bridgehead atoms. The fourth-order valence-electron chi connectivity index (χ4n) is 2.83. The van der Waals surface area contributed by atoms with Gasteiger partial charge >= 0.3 is 0 Å². The minimum absolute atomic E-state index is 0.0993. The van der Waals surface area contributed by atoms with Gasteiger partial charge in [-0.25, -0.2) is 0 Å². The lowest BCUT2D eigenvalue weighted by atomic mass is 9.95. The number of anilines is 1. The van der Waals surface area contributed by atoms with Gasteiger partial charge in [0.15, 0.2) is 0 Å². The van der Waals surface area contributed by atoms with Crippen molar-refractivity contribution in [2.45, 2.75) is 33.7 Å². The van der Waals surface area contributed by atoms with E-state index in [4.69, 9.17) is 11.6 Å². The Labute approximate surface area is 171 Å². The Morgan fingerprint density at radius 3 is 2.29 bits per heavy atom. The van der Waals surface area contributed by atoms with Gasteiger partial charge in [0.25, 0.3) is 0 Å². The highest BCUT2D eigenvalue weighted by Crippen LogP contribution is 2.20. The minimum atomic E-state index is -0.568. The molecule has 1 heterocycles. The zero-order chi connectivity index (χ0) is 20.9. The van der Waals surface area contributed by atoms with Gasteiger partial charge in [-0.05, 0) is 19.1 Å². The number of amides is 3. The molecule has 1 atom stereocenters. The Bertz CT molecular complexity index is 724. The molecule has 7 nitrogen and oxygen atoms in total. The Morgan fingerprint density at radius 1 is 1.11 bits per heavy atom. The lowest BCUT2D eigenvalue weighted by molar-refractivity contribution is -0.139. The first-order chi connectivity index (χ1) is 13.1. The van der Waals surface area contributed by atoms with Crippen LogP contribution in [0.4, 0.5) is 5.69 Å². The first kappa shape index (κ1) is 22.2. The van der Waals surface area contributed by atoms with Crippen molar-refractivity contribution in [1.29, 1.82) is 0 Å². The summed E-state index contributed by atoms with van der Waals surface area (Å²) in [4.78, 5) is 40.6. The van der Waals surface area contributed by atoms with Crippen LogP contribution in [-0.4, -0.2) is 66.3 Å². The molecule has 1 aliphatic heterocycles. The van der Waals surface area contributed by atoms with Crippen LogP contribution < -0.4 is 10.6 Å². The summed E-state index contributed by atoms with van der Waals surface area (Å²) >= 11 is 6.06. The van der Waals surface area contributed by atoms with Gasteiger partial charge in [0, 0.05) is 31.6 Å². The molecule has 1 aliphatic rings. The molecule has 3 amide bonds. The molecule has 0 radical (unpaired) electrons. The average Bonchev–Trinajstić information content (AvgIpc) is 2.62. The Kier molecular flexibility index (Phi) is 7.43. The van der Waals surface area contributed by atoms with Gasteiger partial charge < -0.3 is 15.5 Å². The zero-order valence-electron chi connectivity index (χ0n) is 16.9. The second-order valence-electron chi connectivity index (χ2n) is 8.07. The van der Waals surface area contributed by atoms with Gasteiger partial charge in [0.05, 0.1) is 17.3 Å². The van der Waals surface area contributed by atoms with E-state index in [0.717, 1.165) is 0 Å². The Balaban J connectivity index is 1.79. The van der Waals surface area contributed by atoms with Gasteiger partial charge in [-0.3, -0.25) is 19.3 Å². The van der Waals surface area contributed by atoms with Crippen molar-refractivity contribution in [3.63, 3.8) is 0 Å². The number of carbonyl (C=O) groups excluding carboxylic acids is 3. The number of carbonyl (C=O) groups is 3. The quantitative estimate of drug-likeness (QED) is 0.780. The van der Waals surface area contributed by atoms with Crippen molar-refractivity contribution in [2.75, 3.05) is 38.0 Å². The first-order valence-corrected chi connectivity index (χ1v) is 9.82. The molecule has 28 heavy (non-hydrogen) atoms. The number of para-hydroxylation sites is 1. The summed E-state index contributed by atoms with van der Waals surface area (Å²) in [6.45, 7) is 9.62. The highest BCUT2D eigenvalue weighted by Gasteiger charge is 2.29. The van der Waals surface area contributed by atoms with Crippen molar-refractivity contribution in [2.24, 2.45) is 5.41 Å². The lowest BCUT2D eigenvalue weighted by Gasteiger charge is -2.36. The number of hydrogen-bond acceptors (Lipinski definition) is 4. The lowest BCUT2D eigenvalue weighted by Crippen LogP contribution is -2.55. The molecule has 0 aromatic heterocycles. The maximum Gasteiger partial charge on any atom is 0.244 e. The average molecular weight is 409 g/mol. The second-order valence-corrected chi connectivity index (χ2v) is 8.48. The van der Waals surface area contributed by atoms with E-state index in [1.54, 1.807) is 30.0 Å². The number of nitrogens with zero attached hydrogens (tertiary/aromatic N) is 2. The summed E-state index contributed by atoms with van der Waals surface area (Å²) in [5.74, 6) is -0.389. The van der Waals surface area contributed by atoms with Gasteiger partial charge in [-0.15, -0.1) is 0 Å².